The number of hydrogen-bond donors (Lipinski definition) is 2. The SMILES string of the molecule is O=C(N[C@H](Cc1ccc(Cl)cc1)C(=O)N1CCN(Cc2ccccn2)CC1)[C@@H]1Cc2ccccc2CN1. The molecule has 3 heterocycles. The van der Waals surface area contributed by atoms with Gasteiger partial charge in [-0.15, -0.1) is 0 Å². The van der Waals surface area contributed by atoms with E-state index in [0.717, 1.165) is 30.9 Å². The number of rotatable bonds is 7. The molecule has 0 radical (unpaired) electrons. The Labute approximate surface area is 222 Å². The summed E-state index contributed by atoms with van der Waals surface area (Å²) >= 11 is 6.07. The number of nitrogens with one attached hydrogen (secondary N) is 2. The van der Waals surface area contributed by atoms with Crippen LogP contribution in [0.15, 0.2) is 72.9 Å². The van der Waals surface area contributed by atoms with Gasteiger partial charge in [-0.3, -0.25) is 19.5 Å². The zero-order chi connectivity index (χ0) is 25.6. The summed E-state index contributed by atoms with van der Waals surface area (Å²) in [4.78, 5) is 35.6. The van der Waals surface area contributed by atoms with Crippen LogP contribution in [0.1, 0.15) is 22.4 Å². The largest absolute Gasteiger partial charge is 0.343 e. The Hall–Kier alpha value is -3.26. The van der Waals surface area contributed by atoms with Gasteiger partial charge in [0.1, 0.15) is 6.04 Å². The number of pyridine rings is 1. The summed E-state index contributed by atoms with van der Waals surface area (Å²) in [5, 5.41) is 7.06. The molecular formula is C29H32ClN5O2. The van der Waals surface area contributed by atoms with Crippen molar-refractivity contribution in [2.75, 3.05) is 26.2 Å². The normalized spacial score (nSPS) is 18.6. The van der Waals surface area contributed by atoms with Crippen molar-refractivity contribution in [3.05, 3.63) is 100 Å². The fourth-order valence-corrected chi connectivity index (χ4v) is 5.16. The third-order valence-electron chi connectivity index (χ3n) is 7.16. The minimum atomic E-state index is -0.644. The Morgan fingerprint density at radius 2 is 1.70 bits per heavy atom. The van der Waals surface area contributed by atoms with E-state index >= 15 is 0 Å². The Morgan fingerprint density at radius 1 is 0.973 bits per heavy atom. The second-order valence-electron chi connectivity index (χ2n) is 9.72. The number of piperazine rings is 1. The number of nitrogens with zero attached hydrogens (tertiary/aromatic N) is 3. The van der Waals surface area contributed by atoms with Crippen molar-refractivity contribution in [3.63, 3.8) is 0 Å². The average Bonchev–Trinajstić information content (AvgIpc) is 2.94. The van der Waals surface area contributed by atoms with Gasteiger partial charge >= 0.3 is 0 Å². The fraction of sp³-hybridized carbons (Fsp3) is 0.345. The smallest absolute Gasteiger partial charge is 0.245 e. The van der Waals surface area contributed by atoms with Crippen molar-refractivity contribution in [1.82, 2.24) is 25.4 Å². The van der Waals surface area contributed by atoms with E-state index in [9.17, 15) is 9.59 Å². The number of fused-ring (bicyclic) bond motifs is 1. The van der Waals surface area contributed by atoms with Gasteiger partial charge in [0.15, 0.2) is 0 Å². The fourth-order valence-electron chi connectivity index (χ4n) is 5.04. The summed E-state index contributed by atoms with van der Waals surface area (Å²) in [6.45, 7) is 4.18. The summed E-state index contributed by atoms with van der Waals surface area (Å²) < 4.78 is 0. The van der Waals surface area contributed by atoms with Gasteiger partial charge in [-0.05, 0) is 47.4 Å². The third kappa shape index (κ3) is 6.55. The third-order valence-corrected chi connectivity index (χ3v) is 7.41. The van der Waals surface area contributed by atoms with Crippen molar-refractivity contribution >= 4 is 23.4 Å². The number of aromatic nitrogens is 1. The van der Waals surface area contributed by atoms with Gasteiger partial charge in [-0.1, -0.05) is 54.1 Å². The van der Waals surface area contributed by atoms with Gasteiger partial charge in [-0.2, -0.15) is 0 Å². The predicted molar refractivity (Wildman–Crippen MR) is 144 cm³/mol. The number of carbonyl (C=O) groups is 2. The topological polar surface area (TPSA) is 77.6 Å². The quantitative estimate of drug-likeness (QED) is 0.504. The lowest BCUT2D eigenvalue weighted by molar-refractivity contribution is -0.138. The molecule has 2 aromatic carbocycles. The molecule has 0 spiro atoms. The zero-order valence-electron chi connectivity index (χ0n) is 20.8. The number of halogens is 1. The van der Waals surface area contributed by atoms with E-state index < -0.39 is 6.04 Å². The van der Waals surface area contributed by atoms with Crippen molar-refractivity contribution in [1.29, 1.82) is 0 Å². The first-order valence-corrected chi connectivity index (χ1v) is 13.2. The first-order valence-electron chi connectivity index (χ1n) is 12.8. The lowest BCUT2D eigenvalue weighted by atomic mass is 9.95. The molecule has 2 amide bonds. The van der Waals surface area contributed by atoms with Crippen LogP contribution in [0.25, 0.3) is 0 Å². The molecule has 0 bridgehead atoms. The maximum Gasteiger partial charge on any atom is 0.245 e. The molecule has 8 heteroatoms. The van der Waals surface area contributed by atoms with E-state index in [1.54, 1.807) is 6.20 Å². The highest BCUT2D eigenvalue weighted by atomic mass is 35.5. The van der Waals surface area contributed by atoms with Crippen LogP contribution >= 0.6 is 11.6 Å². The van der Waals surface area contributed by atoms with Crippen molar-refractivity contribution < 1.29 is 9.59 Å². The van der Waals surface area contributed by atoms with Gasteiger partial charge in [0, 0.05) is 56.9 Å². The van der Waals surface area contributed by atoms with E-state index in [4.69, 9.17) is 11.6 Å². The van der Waals surface area contributed by atoms with Crippen molar-refractivity contribution in [3.8, 4) is 0 Å². The van der Waals surface area contributed by atoms with Gasteiger partial charge in [0.05, 0.1) is 11.7 Å². The molecule has 3 aromatic rings. The summed E-state index contributed by atoms with van der Waals surface area (Å²) in [6.07, 6.45) is 2.83. The van der Waals surface area contributed by atoms with Crippen LogP contribution in [-0.2, 0) is 35.5 Å². The van der Waals surface area contributed by atoms with Crippen molar-refractivity contribution in [2.24, 2.45) is 0 Å². The lowest BCUT2D eigenvalue weighted by Crippen LogP contribution is -2.58. The lowest BCUT2D eigenvalue weighted by Gasteiger charge is -2.37. The summed E-state index contributed by atoms with van der Waals surface area (Å²) in [6, 6.07) is 20.5. The van der Waals surface area contributed by atoms with Crippen LogP contribution in [-0.4, -0.2) is 64.9 Å². The highest BCUT2D eigenvalue weighted by Gasteiger charge is 2.32. The monoisotopic (exact) mass is 517 g/mol. The number of amides is 2. The molecule has 0 unspecified atom stereocenters. The highest BCUT2D eigenvalue weighted by Crippen LogP contribution is 2.18. The van der Waals surface area contributed by atoms with Crippen molar-refractivity contribution in [2.45, 2.75) is 38.0 Å². The molecule has 2 atom stereocenters. The van der Waals surface area contributed by atoms with E-state index in [-0.39, 0.29) is 17.9 Å². The molecule has 1 aromatic heterocycles. The van der Waals surface area contributed by atoms with E-state index in [1.807, 2.05) is 59.5 Å². The maximum absolute atomic E-state index is 13.7. The molecule has 7 nitrogen and oxygen atoms in total. The molecule has 0 aliphatic carbocycles. The number of benzene rings is 2. The standard InChI is InChI=1S/C29H32ClN5O2/c30-24-10-8-21(9-11-24)17-27(33-28(36)26-18-22-5-1-2-6-23(22)19-32-26)29(37)35-15-13-34(14-16-35)20-25-7-3-4-12-31-25/h1-12,26-27,32H,13-20H2,(H,33,36)/t26-,27+/m0/s1. The van der Waals surface area contributed by atoms with E-state index in [2.05, 4.69) is 32.7 Å². The minimum Gasteiger partial charge on any atom is -0.343 e. The van der Waals surface area contributed by atoms with Gasteiger partial charge < -0.3 is 15.5 Å². The van der Waals surface area contributed by atoms with E-state index in [1.165, 1.54) is 11.1 Å². The molecular weight excluding hydrogens is 486 g/mol. The van der Waals surface area contributed by atoms with Crippen LogP contribution in [0.5, 0.6) is 0 Å². The molecule has 2 N–H and O–H groups in total. The predicted octanol–water partition coefficient (Wildman–Crippen LogP) is 2.82. The molecule has 5 rings (SSSR count). The van der Waals surface area contributed by atoms with Crippen LogP contribution in [0.3, 0.4) is 0 Å². The summed E-state index contributed by atoms with van der Waals surface area (Å²) in [5.41, 5.74) is 4.37. The molecule has 0 saturated carbocycles. The number of carbonyl (C=O) groups excluding carboxylic acids is 2. The summed E-state index contributed by atoms with van der Waals surface area (Å²) in [7, 11) is 0. The molecule has 2 aliphatic rings. The Balaban J connectivity index is 1.24. The zero-order valence-corrected chi connectivity index (χ0v) is 21.5. The first kappa shape index (κ1) is 25.4. The van der Waals surface area contributed by atoms with Gasteiger partial charge in [0.25, 0.3) is 0 Å². The van der Waals surface area contributed by atoms with Crippen LogP contribution in [0.2, 0.25) is 5.02 Å². The van der Waals surface area contributed by atoms with E-state index in [0.29, 0.717) is 37.5 Å². The maximum atomic E-state index is 13.7. The van der Waals surface area contributed by atoms with Crippen LogP contribution in [0.4, 0.5) is 0 Å². The molecule has 37 heavy (non-hydrogen) atoms. The van der Waals surface area contributed by atoms with Crippen LogP contribution in [0, 0.1) is 0 Å². The molecule has 2 aliphatic heterocycles. The second kappa shape index (κ2) is 11.9. The molecule has 192 valence electrons. The van der Waals surface area contributed by atoms with Gasteiger partial charge in [-0.25, -0.2) is 0 Å². The summed E-state index contributed by atoms with van der Waals surface area (Å²) in [5.74, 6) is -0.187. The number of hydrogen-bond acceptors (Lipinski definition) is 5. The first-order chi connectivity index (χ1) is 18.0. The van der Waals surface area contributed by atoms with Gasteiger partial charge in [0.2, 0.25) is 11.8 Å². The average molecular weight is 518 g/mol. The molecule has 1 saturated heterocycles. The minimum absolute atomic E-state index is 0.0444. The Morgan fingerprint density at radius 3 is 2.43 bits per heavy atom. The molecule has 1 fully saturated rings. The second-order valence-corrected chi connectivity index (χ2v) is 10.2. The Kier molecular flexibility index (Phi) is 8.14. The highest BCUT2D eigenvalue weighted by molar-refractivity contribution is 6.30. The van der Waals surface area contributed by atoms with Crippen LogP contribution < -0.4 is 10.6 Å². The Bertz CT molecular complexity index is 1210.